The second kappa shape index (κ2) is 11.9. The number of nitrogens with zero attached hydrogens (tertiary/aromatic N) is 3. The van der Waals surface area contributed by atoms with Crippen molar-refractivity contribution in [3.63, 3.8) is 0 Å². The maximum Gasteiger partial charge on any atom is 0.422 e. The molecule has 0 spiro atoms. The smallest absolute Gasteiger partial charge is 0.422 e. The highest BCUT2D eigenvalue weighted by Crippen LogP contribution is 2.18. The van der Waals surface area contributed by atoms with E-state index in [4.69, 9.17) is 4.74 Å². The Bertz CT molecular complexity index is 622. The standard InChI is InChI=1S/C20H32F3N5O/c1-24-19(25-9-3-11-28-12-4-10-27(2)13-14-28)26-15-17-5-7-18(8-6-17)29-16-20(21,22)23/h5-8H,3-4,9-16H2,1-2H3,(H2,24,25,26). The van der Waals surface area contributed by atoms with Crippen molar-refractivity contribution in [2.24, 2.45) is 4.99 Å². The molecule has 1 aromatic rings. The van der Waals surface area contributed by atoms with Gasteiger partial charge >= 0.3 is 6.18 Å². The van der Waals surface area contributed by atoms with E-state index in [1.807, 2.05) is 0 Å². The Labute approximate surface area is 171 Å². The number of hydrogen-bond acceptors (Lipinski definition) is 4. The topological polar surface area (TPSA) is 52.1 Å². The molecule has 1 saturated heterocycles. The van der Waals surface area contributed by atoms with Crippen LogP contribution in [0.2, 0.25) is 0 Å². The second-order valence-corrected chi connectivity index (χ2v) is 7.25. The molecule has 0 aromatic heterocycles. The van der Waals surface area contributed by atoms with E-state index in [1.165, 1.54) is 25.1 Å². The first-order valence-electron chi connectivity index (χ1n) is 9.99. The highest BCUT2D eigenvalue weighted by molar-refractivity contribution is 5.79. The number of ether oxygens (including phenoxy) is 1. The Hall–Kier alpha value is -2.00. The van der Waals surface area contributed by atoms with Gasteiger partial charge in [0, 0.05) is 33.2 Å². The first-order chi connectivity index (χ1) is 13.9. The summed E-state index contributed by atoms with van der Waals surface area (Å²) in [4.78, 5) is 9.09. The van der Waals surface area contributed by atoms with Crippen LogP contribution in [-0.4, -0.2) is 81.9 Å². The van der Waals surface area contributed by atoms with Crippen LogP contribution in [-0.2, 0) is 6.54 Å². The van der Waals surface area contributed by atoms with Crippen molar-refractivity contribution in [2.75, 3.05) is 60.0 Å². The van der Waals surface area contributed by atoms with Gasteiger partial charge in [0.05, 0.1) is 0 Å². The summed E-state index contributed by atoms with van der Waals surface area (Å²) in [6.07, 6.45) is -2.08. The fourth-order valence-corrected chi connectivity index (χ4v) is 3.11. The Kier molecular flexibility index (Phi) is 9.53. The third-order valence-electron chi connectivity index (χ3n) is 4.77. The van der Waals surface area contributed by atoms with E-state index in [-0.39, 0.29) is 5.75 Å². The Morgan fingerprint density at radius 2 is 1.86 bits per heavy atom. The van der Waals surface area contributed by atoms with Crippen molar-refractivity contribution in [2.45, 2.75) is 25.6 Å². The van der Waals surface area contributed by atoms with Crippen molar-refractivity contribution in [1.82, 2.24) is 20.4 Å². The van der Waals surface area contributed by atoms with Gasteiger partial charge in [0.25, 0.3) is 0 Å². The molecule has 0 unspecified atom stereocenters. The fourth-order valence-electron chi connectivity index (χ4n) is 3.11. The molecule has 0 amide bonds. The normalized spacial score (nSPS) is 17.1. The van der Waals surface area contributed by atoms with Crippen LogP contribution in [0.4, 0.5) is 13.2 Å². The first-order valence-corrected chi connectivity index (χ1v) is 9.99. The van der Waals surface area contributed by atoms with Crippen molar-refractivity contribution < 1.29 is 17.9 Å². The van der Waals surface area contributed by atoms with Gasteiger partial charge < -0.3 is 25.2 Å². The van der Waals surface area contributed by atoms with Crippen LogP contribution in [0.1, 0.15) is 18.4 Å². The van der Waals surface area contributed by atoms with Crippen molar-refractivity contribution in [1.29, 1.82) is 0 Å². The van der Waals surface area contributed by atoms with Gasteiger partial charge in [0.1, 0.15) is 5.75 Å². The quantitative estimate of drug-likeness (QED) is 0.388. The molecule has 1 fully saturated rings. The van der Waals surface area contributed by atoms with Crippen LogP contribution in [0.25, 0.3) is 0 Å². The molecule has 29 heavy (non-hydrogen) atoms. The molecule has 0 bridgehead atoms. The van der Waals surface area contributed by atoms with Crippen LogP contribution >= 0.6 is 0 Å². The zero-order valence-corrected chi connectivity index (χ0v) is 17.3. The average Bonchev–Trinajstić information content (AvgIpc) is 2.90. The van der Waals surface area contributed by atoms with Gasteiger partial charge in [-0.1, -0.05) is 12.1 Å². The zero-order chi connectivity index (χ0) is 21.1. The van der Waals surface area contributed by atoms with E-state index in [0.29, 0.717) is 12.5 Å². The number of halogens is 3. The molecule has 1 aromatic carbocycles. The van der Waals surface area contributed by atoms with E-state index < -0.39 is 12.8 Å². The van der Waals surface area contributed by atoms with Crippen LogP contribution in [0.15, 0.2) is 29.3 Å². The maximum absolute atomic E-state index is 12.2. The molecule has 164 valence electrons. The highest BCUT2D eigenvalue weighted by atomic mass is 19.4. The molecule has 0 atom stereocenters. The monoisotopic (exact) mass is 415 g/mol. The largest absolute Gasteiger partial charge is 0.484 e. The number of nitrogens with one attached hydrogen (secondary N) is 2. The molecule has 1 heterocycles. The van der Waals surface area contributed by atoms with Crippen molar-refractivity contribution in [3.8, 4) is 5.75 Å². The predicted octanol–water partition coefficient (Wildman–Crippen LogP) is 2.32. The van der Waals surface area contributed by atoms with Crippen molar-refractivity contribution >= 4 is 5.96 Å². The summed E-state index contributed by atoms with van der Waals surface area (Å²) in [5.74, 6) is 0.909. The van der Waals surface area contributed by atoms with Crippen molar-refractivity contribution in [3.05, 3.63) is 29.8 Å². The molecule has 0 aliphatic carbocycles. The minimum absolute atomic E-state index is 0.202. The molecular formula is C20H32F3N5O. The number of alkyl halides is 3. The van der Waals surface area contributed by atoms with Gasteiger partial charge in [-0.05, 0) is 57.2 Å². The summed E-state index contributed by atoms with van der Waals surface area (Å²) >= 11 is 0. The number of hydrogen-bond donors (Lipinski definition) is 2. The molecule has 6 nitrogen and oxygen atoms in total. The summed E-state index contributed by atoms with van der Waals surface area (Å²) in [5.41, 5.74) is 0.931. The van der Waals surface area contributed by atoms with E-state index in [2.05, 4.69) is 32.5 Å². The average molecular weight is 416 g/mol. The van der Waals surface area contributed by atoms with Crippen LogP contribution in [0.3, 0.4) is 0 Å². The fraction of sp³-hybridized carbons (Fsp3) is 0.650. The summed E-state index contributed by atoms with van der Waals surface area (Å²) in [6.45, 7) is 5.70. The van der Waals surface area contributed by atoms with Gasteiger partial charge in [-0.2, -0.15) is 13.2 Å². The SMILES string of the molecule is CN=C(NCCCN1CCCN(C)CC1)NCc1ccc(OCC(F)(F)F)cc1. The van der Waals surface area contributed by atoms with Crippen LogP contribution in [0.5, 0.6) is 5.75 Å². The lowest BCUT2D eigenvalue weighted by Crippen LogP contribution is -2.38. The number of likely N-dealkylation sites (N-methyl/N-ethyl adjacent to an activating group) is 1. The molecule has 2 N–H and O–H groups in total. The van der Waals surface area contributed by atoms with E-state index in [0.717, 1.165) is 44.7 Å². The Balaban J connectivity index is 1.64. The lowest BCUT2D eigenvalue weighted by Gasteiger charge is -2.20. The second-order valence-electron chi connectivity index (χ2n) is 7.25. The van der Waals surface area contributed by atoms with Gasteiger partial charge in [-0.15, -0.1) is 0 Å². The first kappa shape index (κ1) is 23.3. The Morgan fingerprint density at radius 3 is 2.55 bits per heavy atom. The lowest BCUT2D eigenvalue weighted by atomic mass is 10.2. The van der Waals surface area contributed by atoms with E-state index in [1.54, 1.807) is 19.2 Å². The minimum atomic E-state index is -4.33. The summed E-state index contributed by atoms with van der Waals surface area (Å²) < 4.78 is 41.2. The molecular weight excluding hydrogens is 383 g/mol. The third kappa shape index (κ3) is 9.85. The van der Waals surface area contributed by atoms with Gasteiger partial charge in [0.2, 0.25) is 0 Å². The third-order valence-corrected chi connectivity index (χ3v) is 4.77. The molecule has 1 aliphatic rings. The van der Waals surface area contributed by atoms with E-state index >= 15 is 0 Å². The summed E-state index contributed by atoms with van der Waals surface area (Å²) in [7, 11) is 3.89. The molecule has 1 aliphatic heterocycles. The summed E-state index contributed by atoms with van der Waals surface area (Å²) in [5, 5.41) is 6.52. The van der Waals surface area contributed by atoms with Gasteiger partial charge in [0.15, 0.2) is 12.6 Å². The number of guanidine groups is 1. The van der Waals surface area contributed by atoms with E-state index in [9.17, 15) is 13.2 Å². The zero-order valence-electron chi connectivity index (χ0n) is 17.3. The molecule has 0 radical (unpaired) electrons. The van der Waals surface area contributed by atoms with Crippen LogP contribution < -0.4 is 15.4 Å². The lowest BCUT2D eigenvalue weighted by molar-refractivity contribution is -0.153. The number of aliphatic imine (C=N–C) groups is 1. The summed E-state index contributed by atoms with van der Waals surface area (Å²) in [6, 6.07) is 6.56. The molecule has 9 heteroatoms. The highest BCUT2D eigenvalue weighted by Gasteiger charge is 2.28. The maximum atomic E-state index is 12.2. The number of rotatable bonds is 8. The molecule has 0 saturated carbocycles. The minimum Gasteiger partial charge on any atom is -0.484 e. The molecule has 2 rings (SSSR count). The Morgan fingerprint density at radius 1 is 1.10 bits per heavy atom. The van der Waals surface area contributed by atoms with Gasteiger partial charge in [-0.3, -0.25) is 4.99 Å². The number of benzene rings is 1. The van der Waals surface area contributed by atoms with Gasteiger partial charge in [-0.25, -0.2) is 0 Å². The van der Waals surface area contributed by atoms with Crippen LogP contribution in [0, 0.1) is 0 Å². The predicted molar refractivity (Wildman–Crippen MR) is 109 cm³/mol.